The monoisotopic (exact) mass is 300 g/mol. The standard InChI is InChI=1S/C15H18ClFO3/c1-3-5-12(15(19)20-4-2)14(18)8-10-6-7-11(17)9-13(10)16/h6-7,9,12H,3-5,8H2,1-2H3. The summed E-state index contributed by atoms with van der Waals surface area (Å²) in [6.07, 6.45) is 1.14. The molecule has 20 heavy (non-hydrogen) atoms. The summed E-state index contributed by atoms with van der Waals surface area (Å²) < 4.78 is 17.9. The van der Waals surface area contributed by atoms with Crippen molar-refractivity contribution in [3.05, 3.63) is 34.6 Å². The summed E-state index contributed by atoms with van der Waals surface area (Å²) in [5.41, 5.74) is 0.517. The molecule has 110 valence electrons. The van der Waals surface area contributed by atoms with Crippen LogP contribution < -0.4 is 0 Å². The molecule has 1 aromatic rings. The third kappa shape index (κ3) is 4.60. The molecule has 0 saturated carbocycles. The fourth-order valence-corrected chi connectivity index (χ4v) is 2.15. The number of hydrogen-bond acceptors (Lipinski definition) is 3. The molecule has 1 rings (SSSR count). The minimum atomic E-state index is -0.777. The number of benzene rings is 1. The lowest BCUT2D eigenvalue weighted by Gasteiger charge is -2.14. The van der Waals surface area contributed by atoms with E-state index in [-0.39, 0.29) is 23.8 Å². The van der Waals surface area contributed by atoms with Gasteiger partial charge in [-0.1, -0.05) is 31.0 Å². The maximum atomic E-state index is 12.9. The van der Waals surface area contributed by atoms with Crippen LogP contribution in [0.3, 0.4) is 0 Å². The number of carbonyl (C=O) groups is 2. The van der Waals surface area contributed by atoms with Gasteiger partial charge in [-0.15, -0.1) is 0 Å². The van der Waals surface area contributed by atoms with E-state index in [0.717, 1.165) is 6.07 Å². The Hall–Kier alpha value is -1.42. The van der Waals surface area contributed by atoms with Gasteiger partial charge in [0.25, 0.3) is 0 Å². The number of carbonyl (C=O) groups excluding carboxylic acids is 2. The first-order chi connectivity index (χ1) is 9.49. The van der Waals surface area contributed by atoms with Crippen molar-refractivity contribution in [2.75, 3.05) is 6.61 Å². The lowest BCUT2D eigenvalue weighted by Crippen LogP contribution is -2.27. The van der Waals surface area contributed by atoms with Crippen molar-refractivity contribution in [3.8, 4) is 0 Å². The van der Waals surface area contributed by atoms with Gasteiger partial charge >= 0.3 is 5.97 Å². The Morgan fingerprint density at radius 2 is 2.05 bits per heavy atom. The highest BCUT2D eigenvalue weighted by atomic mass is 35.5. The number of ether oxygens (including phenoxy) is 1. The van der Waals surface area contributed by atoms with Crippen LogP contribution in [0.4, 0.5) is 4.39 Å². The van der Waals surface area contributed by atoms with E-state index in [9.17, 15) is 14.0 Å². The molecular weight excluding hydrogens is 283 g/mol. The number of ketones is 1. The van der Waals surface area contributed by atoms with Gasteiger partial charge in [-0.05, 0) is 31.0 Å². The molecule has 0 spiro atoms. The summed E-state index contributed by atoms with van der Waals surface area (Å²) in [6.45, 7) is 3.83. The number of halogens is 2. The molecule has 0 fully saturated rings. The van der Waals surface area contributed by atoms with E-state index >= 15 is 0 Å². The third-order valence-corrected chi connectivity index (χ3v) is 3.27. The van der Waals surface area contributed by atoms with Crippen LogP contribution in [0.15, 0.2) is 18.2 Å². The molecule has 0 saturated heterocycles. The van der Waals surface area contributed by atoms with Gasteiger partial charge in [0.2, 0.25) is 0 Å². The summed E-state index contributed by atoms with van der Waals surface area (Å²) in [5, 5.41) is 0.192. The minimum absolute atomic E-state index is 0.00257. The Balaban J connectivity index is 2.82. The van der Waals surface area contributed by atoms with Crippen molar-refractivity contribution in [1.29, 1.82) is 0 Å². The van der Waals surface area contributed by atoms with Gasteiger partial charge in [0, 0.05) is 11.4 Å². The number of hydrogen-bond donors (Lipinski definition) is 0. The molecule has 1 atom stereocenters. The van der Waals surface area contributed by atoms with E-state index < -0.39 is 17.7 Å². The van der Waals surface area contributed by atoms with Gasteiger partial charge in [0.15, 0.2) is 5.78 Å². The van der Waals surface area contributed by atoms with Crippen molar-refractivity contribution >= 4 is 23.4 Å². The zero-order chi connectivity index (χ0) is 15.1. The summed E-state index contributed by atoms with van der Waals surface area (Å²) in [5.74, 6) is -1.99. The van der Waals surface area contributed by atoms with Crippen molar-refractivity contribution in [2.24, 2.45) is 5.92 Å². The predicted octanol–water partition coefficient (Wildman–Crippen LogP) is 3.57. The first-order valence-corrected chi connectivity index (χ1v) is 7.00. The Morgan fingerprint density at radius 3 is 2.60 bits per heavy atom. The van der Waals surface area contributed by atoms with E-state index in [1.165, 1.54) is 12.1 Å². The minimum Gasteiger partial charge on any atom is -0.465 e. The fraction of sp³-hybridized carbons (Fsp3) is 0.467. The summed E-state index contributed by atoms with van der Waals surface area (Å²) in [4.78, 5) is 24.0. The lowest BCUT2D eigenvalue weighted by atomic mass is 9.94. The van der Waals surface area contributed by atoms with Crippen molar-refractivity contribution in [2.45, 2.75) is 33.1 Å². The normalized spacial score (nSPS) is 12.0. The van der Waals surface area contributed by atoms with Crippen molar-refractivity contribution in [1.82, 2.24) is 0 Å². The van der Waals surface area contributed by atoms with Crippen LogP contribution >= 0.6 is 11.6 Å². The summed E-state index contributed by atoms with van der Waals surface area (Å²) in [6, 6.07) is 3.86. The lowest BCUT2D eigenvalue weighted by molar-refractivity contribution is -0.151. The van der Waals surface area contributed by atoms with Crippen LogP contribution in [0, 0.1) is 11.7 Å². The van der Waals surface area contributed by atoms with Gasteiger partial charge in [-0.25, -0.2) is 4.39 Å². The van der Waals surface area contributed by atoms with E-state index in [2.05, 4.69) is 0 Å². The zero-order valence-corrected chi connectivity index (χ0v) is 12.4. The molecule has 0 heterocycles. The Labute approximate surface area is 123 Å². The molecule has 5 heteroatoms. The Kier molecular flexibility index (Phi) is 6.65. The Morgan fingerprint density at radius 1 is 1.35 bits per heavy atom. The molecule has 0 amide bonds. The number of rotatable bonds is 7. The third-order valence-electron chi connectivity index (χ3n) is 2.92. The predicted molar refractivity (Wildman–Crippen MR) is 75.2 cm³/mol. The second kappa shape index (κ2) is 8.00. The fourth-order valence-electron chi connectivity index (χ4n) is 1.92. The summed E-state index contributed by atoms with van der Waals surface area (Å²) in [7, 11) is 0. The van der Waals surface area contributed by atoms with Crippen LogP contribution in [0.25, 0.3) is 0 Å². The smallest absolute Gasteiger partial charge is 0.316 e. The van der Waals surface area contributed by atoms with E-state index in [0.29, 0.717) is 18.4 Å². The number of esters is 1. The van der Waals surface area contributed by atoms with Crippen LogP contribution in [0.5, 0.6) is 0 Å². The molecule has 0 radical (unpaired) electrons. The highest BCUT2D eigenvalue weighted by Gasteiger charge is 2.27. The van der Waals surface area contributed by atoms with Crippen LogP contribution in [-0.4, -0.2) is 18.4 Å². The van der Waals surface area contributed by atoms with E-state index in [1.54, 1.807) is 6.92 Å². The Bertz CT molecular complexity index is 488. The topological polar surface area (TPSA) is 43.4 Å². The molecule has 1 aromatic carbocycles. The average Bonchev–Trinajstić information content (AvgIpc) is 2.39. The molecular formula is C15H18ClFO3. The second-order valence-electron chi connectivity index (χ2n) is 4.47. The molecule has 0 N–H and O–H groups in total. The average molecular weight is 301 g/mol. The molecule has 1 unspecified atom stereocenters. The zero-order valence-electron chi connectivity index (χ0n) is 11.6. The van der Waals surface area contributed by atoms with Crippen LogP contribution in [-0.2, 0) is 20.7 Å². The van der Waals surface area contributed by atoms with Gasteiger partial charge in [0.1, 0.15) is 11.7 Å². The molecule has 3 nitrogen and oxygen atoms in total. The molecule has 0 aromatic heterocycles. The summed E-state index contributed by atoms with van der Waals surface area (Å²) >= 11 is 5.89. The van der Waals surface area contributed by atoms with E-state index in [1.807, 2.05) is 6.92 Å². The second-order valence-corrected chi connectivity index (χ2v) is 4.88. The first kappa shape index (κ1) is 16.6. The molecule has 0 aliphatic carbocycles. The highest BCUT2D eigenvalue weighted by molar-refractivity contribution is 6.31. The van der Waals surface area contributed by atoms with Gasteiger partial charge in [0.05, 0.1) is 6.61 Å². The largest absolute Gasteiger partial charge is 0.465 e. The molecule has 0 aliphatic rings. The first-order valence-electron chi connectivity index (χ1n) is 6.62. The van der Waals surface area contributed by atoms with Crippen LogP contribution in [0.1, 0.15) is 32.3 Å². The van der Waals surface area contributed by atoms with Gasteiger partial charge in [-0.2, -0.15) is 0 Å². The SMILES string of the molecule is CCCC(C(=O)Cc1ccc(F)cc1Cl)C(=O)OCC. The van der Waals surface area contributed by atoms with E-state index in [4.69, 9.17) is 16.3 Å². The number of Topliss-reactive ketones (excluding diaryl/α,β-unsaturated/α-hetero) is 1. The van der Waals surface area contributed by atoms with Crippen molar-refractivity contribution < 1.29 is 18.7 Å². The highest BCUT2D eigenvalue weighted by Crippen LogP contribution is 2.21. The quantitative estimate of drug-likeness (QED) is 0.571. The van der Waals surface area contributed by atoms with Gasteiger partial charge < -0.3 is 4.74 Å². The van der Waals surface area contributed by atoms with Crippen molar-refractivity contribution in [3.63, 3.8) is 0 Å². The molecule has 0 aliphatic heterocycles. The maximum absolute atomic E-state index is 12.9. The maximum Gasteiger partial charge on any atom is 0.316 e. The molecule has 0 bridgehead atoms. The van der Waals surface area contributed by atoms with Crippen LogP contribution in [0.2, 0.25) is 5.02 Å². The van der Waals surface area contributed by atoms with Gasteiger partial charge in [-0.3, -0.25) is 9.59 Å².